The fraction of sp³-hybridized carbons (Fsp3) is 0.824. The van der Waals surface area contributed by atoms with E-state index < -0.39 is 0 Å². The number of nitrogens with one attached hydrogen (secondary N) is 1. The molecule has 2 rings (SSSR count). The van der Waals surface area contributed by atoms with Gasteiger partial charge in [-0.05, 0) is 52.0 Å². The van der Waals surface area contributed by atoms with Crippen LogP contribution in [0.4, 0.5) is 5.13 Å². The van der Waals surface area contributed by atoms with E-state index in [2.05, 4.69) is 37.9 Å². The van der Waals surface area contributed by atoms with Crippen molar-refractivity contribution >= 4 is 16.5 Å². The molecule has 4 heteroatoms. The van der Waals surface area contributed by atoms with Gasteiger partial charge in [-0.25, -0.2) is 4.98 Å². The van der Waals surface area contributed by atoms with Gasteiger partial charge in [-0.1, -0.05) is 20.3 Å². The molecular formula is C17H31N3S. The summed E-state index contributed by atoms with van der Waals surface area (Å²) >= 11 is 1.91. The van der Waals surface area contributed by atoms with Gasteiger partial charge in [-0.15, -0.1) is 11.3 Å². The first-order valence-electron chi connectivity index (χ1n) is 8.61. The summed E-state index contributed by atoms with van der Waals surface area (Å²) < 4.78 is 0. The van der Waals surface area contributed by atoms with Crippen LogP contribution in [0.2, 0.25) is 0 Å². The fourth-order valence-corrected chi connectivity index (χ4v) is 3.75. The maximum absolute atomic E-state index is 4.99. The Morgan fingerprint density at radius 1 is 1.29 bits per heavy atom. The van der Waals surface area contributed by atoms with Gasteiger partial charge in [0.1, 0.15) is 0 Å². The number of hydrogen-bond donors (Lipinski definition) is 1. The Kier molecular flexibility index (Phi) is 6.49. The topological polar surface area (TPSA) is 28.2 Å². The third-order valence-electron chi connectivity index (χ3n) is 3.99. The molecule has 1 aliphatic rings. The van der Waals surface area contributed by atoms with Crippen LogP contribution in [-0.2, 0) is 13.0 Å². The maximum Gasteiger partial charge on any atom is 0.186 e. The molecule has 1 saturated carbocycles. The highest BCUT2D eigenvalue weighted by molar-refractivity contribution is 7.15. The normalized spacial score (nSPS) is 14.9. The summed E-state index contributed by atoms with van der Waals surface area (Å²) in [5.74, 6) is 0.910. The molecule has 0 aromatic carbocycles. The smallest absolute Gasteiger partial charge is 0.186 e. The van der Waals surface area contributed by atoms with Crippen LogP contribution in [0.25, 0.3) is 0 Å². The van der Waals surface area contributed by atoms with Crippen molar-refractivity contribution in [1.29, 1.82) is 0 Å². The average Bonchev–Trinajstić information content (AvgIpc) is 3.19. The number of rotatable bonds is 10. The summed E-state index contributed by atoms with van der Waals surface area (Å²) in [5.41, 5.74) is 1.32. The van der Waals surface area contributed by atoms with Crippen molar-refractivity contribution in [1.82, 2.24) is 10.3 Å². The molecule has 0 aliphatic heterocycles. The third-order valence-corrected chi connectivity index (χ3v) is 5.12. The van der Waals surface area contributed by atoms with E-state index in [1.54, 1.807) is 0 Å². The first kappa shape index (κ1) is 16.8. The van der Waals surface area contributed by atoms with Gasteiger partial charge in [0.2, 0.25) is 0 Å². The molecule has 0 unspecified atom stereocenters. The minimum atomic E-state index is 0.544. The Morgan fingerprint density at radius 3 is 2.62 bits per heavy atom. The standard InChI is InChI=1S/C17H31N3S/c1-5-7-15-16(11-18-10-6-2)21-17(19-15)20(13(3)4)12-14-8-9-14/h13-14,18H,5-12H2,1-4H3. The molecular weight excluding hydrogens is 278 g/mol. The lowest BCUT2D eigenvalue weighted by atomic mass is 10.2. The number of aryl methyl sites for hydroxylation is 1. The van der Waals surface area contributed by atoms with Crippen molar-refractivity contribution in [2.45, 2.75) is 72.4 Å². The Morgan fingerprint density at radius 2 is 2.05 bits per heavy atom. The number of aromatic nitrogens is 1. The fourth-order valence-electron chi connectivity index (χ4n) is 2.53. The van der Waals surface area contributed by atoms with Gasteiger partial charge in [0.15, 0.2) is 5.13 Å². The van der Waals surface area contributed by atoms with Crippen LogP contribution in [0.15, 0.2) is 0 Å². The van der Waals surface area contributed by atoms with E-state index in [-0.39, 0.29) is 0 Å². The summed E-state index contributed by atoms with van der Waals surface area (Å²) in [6.45, 7) is 12.3. The van der Waals surface area contributed by atoms with E-state index in [0.29, 0.717) is 6.04 Å². The quantitative estimate of drug-likeness (QED) is 0.656. The number of anilines is 1. The first-order chi connectivity index (χ1) is 10.2. The minimum absolute atomic E-state index is 0.544. The predicted octanol–water partition coefficient (Wildman–Crippen LogP) is 4.22. The second-order valence-electron chi connectivity index (χ2n) is 6.48. The van der Waals surface area contributed by atoms with Crippen molar-refractivity contribution in [3.63, 3.8) is 0 Å². The van der Waals surface area contributed by atoms with Crippen LogP contribution in [0.3, 0.4) is 0 Å². The highest BCUT2D eigenvalue weighted by Crippen LogP contribution is 2.35. The van der Waals surface area contributed by atoms with Gasteiger partial charge in [0.05, 0.1) is 5.69 Å². The second kappa shape index (κ2) is 8.14. The van der Waals surface area contributed by atoms with Crippen LogP contribution in [-0.4, -0.2) is 24.1 Å². The molecule has 1 aromatic heterocycles. The van der Waals surface area contributed by atoms with Crippen molar-refractivity contribution in [2.75, 3.05) is 18.0 Å². The molecule has 120 valence electrons. The molecule has 0 spiro atoms. The molecule has 0 radical (unpaired) electrons. The van der Waals surface area contributed by atoms with E-state index in [4.69, 9.17) is 4.98 Å². The molecule has 0 saturated heterocycles. The SMILES string of the molecule is CCCNCc1sc(N(CC2CC2)C(C)C)nc1CCC. The third kappa shape index (κ3) is 4.96. The van der Waals surface area contributed by atoms with Crippen molar-refractivity contribution in [2.24, 2.45) is 5.92 Å². The van der Waals surface area contributed by atoms with Crippen molar-refractivity contribution in [3.8, 4) is 0 Å². The van der Waals surface area contributed by atoms with Gasteiger partial charge >= 0.3 is 0 Å². The van der Waals surface area contributed by atoms with Gasteiger partial charge < -0.3 is 10.2 Å². The zero-order valence-corrected chi connectivity index (χ0v) is 14.9. The number of nitrogens with zero attached hydrogens (tertiary/aromatic N) is 2. The first-order valence-corrected chi connectivity index (χ1v) is 9.43. The zero-order chi connectivity index (χ0) is 15.2. The Balaban J connectivity index is 2.10. The molecule has 1 aromatic rings. The van der Waals surface area contributed by atoms with E-state index in [0.717, 1.165) is 25.4 Å². The van der Waals surface area contributed by atoms with Crippen LogP contribution < -0.4 is 10.2 Å². The van der Waals surface area contributed by atoms with Crippen molar-refractivity contribution in [3.05, 3.63) is 10.6 Å². The van der Waals surface area contributed by atoms with Gasteiger partial charge in [0.25, 0.3) is 0 Å². The number of thiazole rings is 1. The average molecular weight is 310 g/mol. The van der Waals surface area contributed by atoms with Crippen LogP contribution in [0.1, 0.15) is 63.9 Å². The molecule has 1 heterocycles. The lowest BCUT2D eigenvalue weighted by Crippen LogP contribution is -2.32. The Hall–Kier alpha value is -0.610. The predicted molar refractivity (Wildman–Crippen MR) is 93.3 cm³/mol. The monoisotopic (exact) mass is 309 g/mol. The Labute approximate surface area is 134 Å². The van der Waals surface area contributed by atoms with Gasteiger partial charge in [-0.2, -0.15) is 0 Å². The summed E-state index contributed by atoms with van der Waals surface area (Å²) in [6, 6.07) is 0.544. The van der Waals surface area contributed by atoms with Crippen LogP contribution in [0, 0.1) is 5.92 Å². The van der Waals surface area contributed by atoms with Crippen molar-refractivity contribution < 1.29 is 0 Å². The minimum Gasteiger partial charge on any atom is -0.345 e. The van der Waals surface area contributed by atoms with Crippen LogP contribution in [0.5, 0.6) is 0 Å². The summed E-state index contributed by atoms with van der Waals surface area (Å²) in [4.78, 5) is 8.95. The summed E-state index contributed by atoms with van der Waals surface area (Å²) in [7, 11) is 0. The number of hydrogen-bond acceptors (Lipinski definition) is 4. The lowest BCUT2D eigenvalue weighted by molar-refractivity contribution is 0.641. The maximum atomic E-state index is 4.99. The summed E-state index contributed by atoms with van der Waals surface area (Å²) in [5, 5.41) is 4.78. The van der Waals surface area contributed by atoms with E-state index in [1.165, 1.54) is 47.9 Å². The Bertz CT molecular complexity index is 424. The molecule has 1 aliphatic carbocycles. The van der Waals surface area contributed by atoms with E-state index >= 15 is 0 Å². The lowest BCUT2D eigenvalue weighted by Gasteiger charge is -2.26. The molecule has 3 nitrogen and oxygen atoms in total. The summed E-state index contributed by atoms with van der Waals surface area (Å²) in [6.07, 6.45) is 6.28. The van der Waals surface area contributed by atoms with Crippen LogP contribution >= 0.6 is 11.3 Å². The van der Waals surface area contributed by atoms with E-state index in [9.17, 15) is 0 Å². The molecule has 1 N–H and O–H groups in total. The highest BCUT2D eigenvalue weighted by Gasteiger charge is 2.27. The second-order valence-corrected chi connectivity index (χ2v) is 7.54. The largest absolute Gasteiger partial charge is 0.345 e. The molecule has 0 amide bonds. The molecule has 0 atom stereocenters. The van der Waals surface area contributed by atoms with E-state index in [1.807, 2.05) is 11.3 Å². The highest BCUT2D eigenvalue weighted by atomic mass is 32.1. The van der Waals surface area contributed by atoms with Gasteiger partial charge in [0, 0.05) is 24.0 Å². The molecule has 1 fully saturated rings. The zero-order valence-electron chi connectivity index (χ0n) is 14.1. The molecule has 0 bridgehead atoms. The van der Waals surface area contributed by atoms with Gasteiger partial charge in [-0.3, -0.25) is 0 Å². The molecule has 21 heavy (non-hydrogen) atoms.